The van der Waals surface area contributed by atoms with Crippen molar-refractivity contribution in [1.82, 2.24) is 19.1 Å². The van der Waals surface area contributed by atoms with Crippen LogP contribution in [-0.4, -0.2) is 46.0 Å². The molecule has 1 N–H and O–H groups in total. The Balaban J connectivity index is 1.45. The van der Waals surface area contributed by atoms with Gasteiger partial charge in [-0.2, -0.15) is 9.40 Å². The maximum absolute atomic E-state index is 13.1. The monoisotopic (exact) mass is 433 g/mol. The molecule has 1 fully saturated rings. The second-order valence-corrected chi connectivity index (χ2v) is 10.2. The minimum atomic E-state index is -3.64. The minimum absolute atomic E-state index is 0.0824. The Morgan fingerprint density at radius 2 is 2.14 bits per heavy atom. The van der Waals surface area contributed by atoms with Crippen LogP contribution in [0.4, 0.5) is 5.69 Å². The van der Waals surface area contributed by atoms with Gasteiger partial charge in [-0.1, -0.05) is 0 Å². The molecule has 2 atom stereocenters. The van der Waals surface area contributed by atoms with E-state index in [2.05, 4.69) is 15.4 Å². The second-order valence-electron chi connectivity index (χ2n) is 7.46. The third kappa shape index (κ3) is 3.79. The number of anilines is 1. The zero-order valence-electron chi connectivity index (χ0n) is 16.5. The van der Waals surface area contributed by atoms with Crippen LogP contribution in [0.25, 0.3) is 10.2 Å². The van der Waals surface area contributed by atoms with Crippen molar-refractivity contribution in [2.75, 3.05) is 11.9 Å². The number of amides is 1. The van der Waals surface area contributed by atoms with E-state index < -0.39 is 10.0 Å². The van der Waals surface area contributed by atoms with Crippen LogP contribution >= 0.6 is 11.3 Å². The van der Waals surface area contributed by atoms with E-state index in [1.165, 1.54) is 15.2 Å². The predicted molar refractivity (Wildman–Crippen MR) is 112 cm³/mol. The summed E-state index contributed by atoms with van der Waals surface area (Å²) < 4.78 is 30.2. The number of carbonyl (C=O) groups is 1. The van der Waals surface area contributed by atoms with Crippen LogP contribution < -0.4 is 5.32 Å². The Kier molecular flexibility index (Phi) is 5.18. The molecule has 0 unspecified atom stereocenters. The molecule has 1 aromatic carbocycles. The first-order valence-electron chi connectivity index (χ1n) is 9.42. The Labute approximate surface area is 173 Å². The summed E-state index contributed by atoms with van der Waals surface area (Å²) >= 11 is 1.55. The topological polar surface area (TPSA) is 97.2 Å². The standard InChI is InChI=1S/C19H23N5O3S2/c1-12-8-14(19(25)21-15-4-5-17-16(9-15)20-11-28-17)6-7-24(12)29(26,27)18-10-23(3)22-13(18)2/h4-5,9-12,14H,6-8H2,1-3H3,(H,21,25)/t12-,14+/m1/s1. The number of carbonyl (C=O) groups excluding carboxylic acids is 1. The molecular weight excluding hydrogens is 410 g/mol. The highest BCUT2D eigenvalue weighted by Crippen LogP contribution is 2.30. The van der Waals surface area contributed by atoms with Crippen molar-refractivity contribution in [1.29, 1.82) is 0 Å². The summed E-state index contributed by atoms with van der Waals surface area (Å²) in [6.45, 7) is 3.85. The molecule has 0 saturated carbocycles. The molecular formula is C19H23N5O3S2. The summed E-state index contributed by atoms with van der Waals surface area (Å²) in [5.41, 5.74) is 3.82. The van der Waals surface area contributed by atoms with Gasteiger partial charge >= 0.3 is 0 Å². The average Bonchev–Trinajstić information content (AvgIpc) is 3.26. The average molecular weight is 434 g/mol. The van der Waals surface area contributed by atoms with Gasteiger partial charge in [0.15, 0.2) is 0 Å². The number of aryl methyl sites for hydroxylation is 2. The van der Waals surface area contributed by atoms with Gasteiger partial charge < -0.3 is 5.32 Å². The molecule has 4 rings (SSSR count). The molecule has 154 valence electrons. The first-order valence-corrected chi connectivity index (χ1v) is 11.7. The molecule has 1 amide bonds. The number of sulfonamides is 1. The summed E-state index contributed by atoms with van der Waals surface area (Å²) in [4.78, 5) is 17.3. The fraction of sp³-hybridized carbons (Fsp3) is 0.421. The maximum Gasteiger partial charge on any atom is 0.246 e. The van der Waals surface area contributed by atoms with Gasteiger partial charge in [0.25, 0.3) is 0 Å². The molecule has 0 radical (unpaired) electrons. The second kappa shape index (κ2) is 7.51. The molecule has 0 aliphatic carbocycles. The zero-order chi connectivity index (χ0) is 20.8. The summed E-state index contributed by atoms with van der Waals surface area (Å²) in [7, 11) is -1.93. The lowest BCUT2D eigenvalue weighted by molar-refractivity contribution is -0.121. The molecule has 8 nitrogen and oxygen atoms in total. The number of nitrogens with zero attached hydrogens (tertiary/aromatic N) is 4. The highest BCUT2D eigenvalue weighted by atomic mass is 32.2. The Morgan fingerprint density at radius 3 is 2.83 bits per heavy atom. The highest BCUT2D eigenvalue weighted by molar-refractivity contribution is 7.89. The van der Waals surface area contributed by atoms with Crippen LogP contribution in [0.3, 0.4) is 0 Å². The van der Waals surface area contributed by atoms with E-state index >= 15 is 0 Å². The van der Waals surface area contributed by atoms with Crippen LogP contribution in [-0.2, 0) is 21.9 Å². The van der Waals surface area contributed by atoms with Crippen molar-refractivity contribution in [3.8, 4) is 0 Å². The van der Waals surface area contributed by atoms with Gasteiger partial charge in [-0.25, -0.2) is 13.4 Å². The van der Waals surface area contributed by atoms with Crippen molar-refractivity contribution < 1.29 is 13.2 Å². The van der Waals surface area contributed by atoms with E-state index in [0.717, 1.165) is 10.2 Å². The molecule has 10 heteroatoms. The van der Waals surface area contributed by atoms with Gasteiger partial charge in [-0.15, -0.1) is 11.3 Å². The third-order valence-corrected chi connectivity index (χ3v) is 8.27. The van der Waals surface area contributed by atoms with Gasteiger partial charge in [-0.3, -0.25) is 9.48 Å². The van der Waals surface area contributed by atoms with E-state index in [9.17, 15) is 13.2 Å². The van der Waals surface area contributed by atoms with E-state index in [4.69, 9.17) is 0 Å². The molecule has 0 bridgehead atoms. The number of thiazole rings is 1. The number of benzene rings is 1. The quantitative estimate of drug-likeness (QED) is 0.682. The Bertz CT molecular complexity index is 1170. The van der Waals surface area contributed by atoms with Crippen LogP contribution in [0.1, 0.15) is 25.5 Å². The number of aromatic nitrogens is 3. The predicted octanol–water partition coefficient (Wildman–Crippen LogP) is 2.77. The summed E-state index contributed by atoms with van der Waals surface area (Å²) in [6.07, 6.45) is 2.49. The highest BCUT2D eigenvalue weighted by Gasteiger charge is 2.38. The molecule has 1 aliphatic heterocycles. The van der Waals surface area contributed by atoms with Gasteiger partial charge in [0, 0.05) is 37.4 Å². The van der Waals surface area contributed by atoms with Gasteiger partial charge in [0.1, 0.15) is 4.90 Å². The number of rotatable bonds is 4. The van der Waals surface area contributed by atoms with Crippen molar-refractivity contribution in [2.45, 2.75) is 37.6 Å². The lowest BCUT2D eigenvalue weighted by Gasteiger charge is -2.35. The SMILES string of the molecule is Cc1nn(C)cc1S(=O)(=O)N1CC[C@H](C(=O)Nc2ccc3scnc3c2)C[C@H]1C. The van der Waals surface area contributed by atoms with E-state index in [1.54, 1.807) is 30.8 Å². The molecule has 1 saturated heterocycles. The maximum atomic E-state index is 13.1. The van der Waals surface area contributed by atoms with Crippen molar-refractivity contribution in [3.05, 3.63) is 35.6 Å². The van der Waals surface area contributed by atoms with E-state index in [1.807, 2.05) is 25.1 Å². The Morgan fingerprint density at radius 1 is 1.34 bits per heavy atom. The van der Waals surface area contributed by atoms with E-state index in [-0.39, 0.29) is 22.8 Å². The largest absolute Gasteiger partial charge is 0.326 e. The van der Waals surface area contributed by atoms with Crippen molar-refractivity contribution >= 4 is 43.2 Å². The summed E-state index contributed by atoms with van der Waals surface area (Å²) in [5, 5.41) is 7.10. The lowest BCUT2D eigenvalue weighted by atomic mass is 9.92. The number of hydrogen-bond acceptors (Lipinski definition) is 6. The minimum Gasteiger partial charge on any atom is -0.326 e. The van der Waals surface area contributed by atoms with Crippen LogP contribution in [0, 0.1) is 12.8 Å². The van der Waals surface area contributed by atoms with Gasteiger partial charge in [0.05, 0.1) is 21.4 Å². The van der Waals surface area contributed by atoms with Crippen LogP contribution in [0.15, 0.2) is 34.8 Å². The van der Waals surface area contributed by atoms with Gasteiger partial charge in [0.2, 0.25) is 15.9 Å². The molecule has 3 aromatic rings. The number of nitrogens with one attached hydrogen (secondary N) is 1. The molecule has 3 heterocycles. The first kappa shape index (κ1) is 20.0. The van der Waals surface area contributed by atoms with Crippen molar-refractivity contribution in [3.63, 3.8) is 0 Å². The normalized spacial score (nSPS) is 20.8. The fourth-order valence-electron chi connectivity index (χ4n) is 3.88. The molecule has 2 aromatic heterocycles. The smallest absolute Gasteiger partial charge is 0.246 e. The molecule has 0 spiro atoms. The molecule has 1 aliphatic rings. The summed E-state index contributed by atoms with van der Waals surface area (Å²) in [6, 6.07) is 5.39. The lowest BCUT2D eigenvalue weighted by Crippen LogP contribution is -2.46. The summed E-state index contributed by atoms with van der Waals surface area (Å²) in [5.74, 6) is -0.321. The first-order chi connectivity index (χ1) is 13.8. The van der Waals surface area contributed by atoms with Crippen LogP contribution in [0.5, 0.6) is 0 Å². The zero-order valence-corrected chi connectivity index (χ0v) is 18.1. The number of piperidine rings is 1. The third-order valence-electron chi connectivity index (χ3n) is 5.34. The van der Waals surface area contributed by atoms with Crippen molar-refractivity contribution in [2.24, 2.45) is 13.0 Å². The fourth-order valence-corrected chi connectivity index (χ4v) is 6.40. The molecule has 29 heavy (non-hydrogen) atoms. The van der Waals surface area contributed by atoms with Crippen LogP contribution in [0.2, 0.25) is 0 Å². The number of hydrogen-bond donors (Lipinski definition) is 1. The van der Waals surface area contributed by atoms with E-state index in [0.29, 0.717) is 30.8 Å². The Hall–Kier alpha value is -2.30. The number of fused-ring (bicyclic) bond motifs is 1. The van der Waals surface area contributed by atoms with Gasteiger partial charge in [-0.05, 0) is 44.9 Å².